The Hall–Kier alpha value is -2.63. The van der Waals surface area contributed by atoms with Gasteiger partial charge in [0.1, 0.15) is 0 Å². The number of urea groups is 1. The molecule has 6 nitrogen and oxygen atoms in total. The van der Waals surface area contributed by atoms with E-state index < -0.39 is 0 Å². The van der Waals surface area contributed by atoms with Crippen molar-refractivity contribution >= 4 is 28.5 Å². The second kappa shape index (κ2) is 7.40. The number of benzene rings is 1. The lowest BCUT2D eigenvalue weighted by Gasteiger charge is -2.10. The van der Waals surface area contributed by atoms with Crippen LogP contribution in [0.25, 0.3) is 10.9 Å². The highest BCUT2D eigenvalue weighted by Gasteiger charge is 2.06. The second-order valence-corrected chi connectivity index (χ2v) is 4.98. The van der Waals surface area contributed by atoms with Gasteiger partial charge in [0.2, 0.25) is 5.91 Å². The normalized spacial score (nSPS) is 10.3. The molecule has 0 aliphatic carbocycles. The Balaban J connectivity index is 1.93. The number of aryl methyl sites for hydroxylation is 1. The van der Waals surface area contributed by atoms with Crippen molar-refractivity contribution in [3.63, 3.8) is 0 Å². The van der Waals surface area contributed by atoms with Gasteiger partial charge in [-0.2, -0.15) is 0 Å². The molecule has 6 heteroatoms. The predicted octanol–water partition coefficient (Wildman–Crippen LogP) is 2.19. The number of nitrogens with zero attached hydrogens (tertiary/aromatic N) is 1. The highest BCUT2D eigenvalue weighted by Crippen LogP contribution is 2.22. The lowest BCUT2D eigenvalue weighted by molar-refractivity contribution is -0.120. The largest absolute Gasteiger partial charge is 0.359 e. The number of pyridine rings is 1. The lowest BCUT2D eigenvalue weighted by Crippen LogP contribution is -2.30. The molecule has 2 aromatic rings. The number of fused-ring (bicyclic) bond motifs is 1. The summed E-state index contributed by atoms with van der Waals surface area (Å²) >= 11 is 0. The molecule has 0 aliphatic heterocycles. The Morgan fingerprint density at radius 1 is 1.18 bits per heavy atom. The fourth-order valence-electron chi connectivity index (χ4n) is 2.11. The van der Waals surface area contributed by atoms with Crippen molar-refractivity contribution in [1.29, 1.82) is 0 Å². The average Bonchev–Trinajstić information content (AvgIpc) is 2.51. The van der Waals surface area contributed by atoms with Gasteiger partial charge in [0.25, 0.3) is 0 Å². The van der Waals surface area contributed by atoms with Crippen LogP contribution in [0.15, 0.2) is 30.3 Å². The molecule has 2 rings (SSSR count). The third-order valence-corrected chi connectivity index (χ3v) is 3.26. The summed E-state index contributed by atoms with van der Waals surface area (Å²) in [6.07, 6.45) is 0.998. The minimum absolute atomic E-state index is 0.0299. The highest BCUT2D eigenvalue weighted by atomic mass is 16.2. The molecular weight excluding hydrogens is 280 g/mol. The molecule has 0 aliphatic rings. The summed E-state index contributed by atoms with van der Waals surface area (Å²) in [5.74, 6) is -0.0299. The van der Waals surface area contributed by atoms with Gasteiger partial charge in [-0.15, -0.1) is 0 Å². The number of rotatable bonds is 5. The summed E-state index contributed by atoms with van der Waals surface area (Å²) in [5.41, 5.74) is 2.49. The molecule has 0 bridgehead atoms. The molecule has 0 fully saturated rings. The minimum Gasteiger partial charge on any atom is -0.359 e. The summed E-state index contributed by atoms with van der Waals surface area (Å²) in [6.45, 7) is 2.38. The van der Waals surface area contributed by atoms with Crippen LogP contribution in [0.1, 0.15) is 18.5 Å². The van der Waals surface area contributed by atoms with Gasteiger partial charge in [0.15, 0.2) is 0 Å². The first-order chi connectivity index (χ1) is 10.6. The number of nitrogens with one attached hydrogen (secondary N) is 3. The second-order valence-electron chi connectivity index (χ2n) is 4.98. The maximum Gasteiger partial charge on any atom is 0.319 e. The third-order valence-electron chi connectivity index (χ3n) is 3.26. The molecule has 22 heavy (non-hydrogen) atoms. The van der Waals surface area contributed by atoms with E-state index in [1.165, 1.54) is 0 Å². The van der Waals surface area contributed by atoms with Gasteiger partial charge in [-0.1, -0.05) is 6.07 Å². The highest BCUT2D eigenvalue weighted by molar-refractivity contribution is 6.00. The van der Waals surface area contributed by atoms with Crippen molar-refractivity contribution in [3.8, 4) is 0 Å². The quantitative estimate of drug-likeness (QED) is 0.740. The van der Waals surface area contributed by atoms with Gasteiger partial charge in [0, 0.05) is 31.1 Å². The van der Waals surface area contributed by atoms with Crippen LogP contribution in [0.4, 0.5) is 10.5 Å². The zero-order valence-electron chi connectivity index (χ0n) is 12.8. The van der Waals surface area contributed by atoms with Gasteiger partial charge < -0.3 is 16.0 Å². The van der Waals surface area contributed by atoms with E-state index in [0.29, 0.717) is 25.1 Å². The third kappa shape index (κ3) is 4.18. The van der Waals surface area contributed by atoms with E-state index >= 15 is 0 Å². The molecule has 116 valence electrons. The number of amides is 3. The number of aromatic nitrogens is 1. The molecule has 0 spiro atoms. The van der Waals surface area contributed by atoms with Gasteiger partial charge in [-0.25, -0.2) is 4.79 Å². The van der Waals surface area contributed by atoms with Crippen molar-refractivity contribution in [2.75, 3.05) is 18.9 Å². The van der Waals surface area contributed by atoms with E-state index in [-0.39, 0.29) is 11.9 Å². The minimum atomic E-state index is -0.287. The summed E-state index contributed by atoms with van der Waals surface area (Å²) < 4.78 is 0. The van der Waals surface area contributed by atoms with E-state index in [9.17, 15) is 9.59 Å². The Morgan fingerprint density at radius 2 is 2.00 bits per heavy atom. The molecule has 1 aromatic heterocycles. The molecule has 0 unspecified atom stereocenters. The zero-order chi connectivity index (χ0) is 15.9. The number of carbonyl (C=O) groups excluding carboxylic acids is 2. The van der Waals surface area contributed by atoms with Crippen LogP contribution < -0.4 is 16.0 Å². The SMILES string of the molecule is CNC(=O)CCCNC(=O)Nc1cccc2nc(C)ccc12. The summed E-state index contributed by atoms with van der Waals surface area (Å²) in [4.78, 5) is 27.4. The first-order valence-corrected chi connectivity index (χ1v) is 7.22. The van der Waals surface area contributed by atoms with Crippen molar-refractivity contribution in [1.82, 2.24) is 15.6 Å². The fraction of sp³-hybridized carbons (Fsp3) is 0.312. The Morgan fingerprint density at radius 3 is 2.77 bits per heavy atom. The van der Waals surface area contributed by atoms with Crippen LogP contribution in [0.5, 0.6) is 0 Å². The van der Waals surface area contributed by atoms with Crippen LogP contribution in [-0.2, 0) is 4.79 Å². The maximum absolute atomic E-state index is 11.9. The summed E-state index contributed by atoms with van der Waals surface area (Å²) in [7, 11) is 1.60. The van der Waals surface area contributed by atoms with Crippen molar-refractivity contribution in [2.24, 2.45) is 0 Å². The van der Waals surface area contributed by atoms with Crippen LogP contribution in [0.2, 0.25) is 0 Å². The first kappa shape index (κ1) is 15.8. The molecular formula is C16H20N4O2. The van der Waals surface area contributed by atoms with E-state index in [4.69, 9.17) is 0 Å². The molecule has 3 N–H and O–H groups in total. The van der Waals surface area contributed by atoms with E-state index in [1.54, 1.807) is 7.05 Å². The fourth-order valence-corrected chi connectivity index (χ4v) is 2.11. The van der Waals surface area contributed by atoms with Crippen LogP contribution in [0, 0.1) is 6.92 Å². The zero-order valence-corrected chi connectivity index (χ0v) is 12.8. The lowest BCUT2D eigenvalue weighted by atomic mass is 10.1. The number of hydrogen-bond acceptors (Lipinski definition) is 3. The van der Waals surface area contributed by atoms with E-state index in [0.717, 1.165) is 16.6 Å². The molecule has 0 atom stereocenters. The summed E-state index contributed by atoms with van der Waals surface area (Å²) in [5, 5.41) is 8.99. The van der Waals surface area contributed by atoms with Crippen LogP contribution >= 0.6 is 0 Å². The van der Waals surface area contributed by atoms with Gasteiger partial charge >= 0.3 is 6.03 Å². The Labute approximate surface area is 129 Å². The van der Waals surface area contributed by atoms with Gasteiger partial charge in [-0.05, 0) is 37.6 Å². The van der Waals surface area contributed by atoms with Crippen molar-refractivity contribution in [2.45, 2.75) is 19.8 Å². The molecule has 0 radical (unpaired) electrons. The van der Waals surface area contributed by atoms with Crippen molar-refractivity contribution < 1.29 is 9.59 Å². The maximum atomic E-state index is 11.9. The first-order valence-electron chi connectivity index (χ1n) is 7.22. The van der Waals surface area contributed by atoms with Gasteiger partial charge in [-0.3, -0.25) is 9.78 Å². The smallest absolute Gasteiger partial charge is 0.319 e. The predicted molar refractivity (Wildman–Crippen MR) is 86.8 cm³/mol. The molecule has 1 heterocycles. The number of hydrogen-bond donors (Lipinski definition) is 3. The van der Waals surface area contributed by atoms with Crippen LogP contribution in [-0.4, -0.2) is 30.5 Å². The topological polar surface area (TPSA) is 83.1 Å². The summed E-state index contributed by atoms with van der Waals surface area (Å²) in [6, 6.07) is 9.17. The molecule has 0 saturated heterocycles. The van der Waals surface area contributed by atoms with E-state index in [2.05, 4.69) is 20.9 Å². The monoisotopic (exact) mass is 300 g/mol. The molecule has 0 saturated carbocycles. The van der Waals surface area contributed by atoms with Gasteiger partial charge in [0.05, 0.1) is 11.2 Å². The van der Waals surface area contributed by atoms with Crippen molar-refractivity contribution in [3.05, 3.63) is 36.0 Å². The average molecular weight is 300 g/mol. The molecule has 1 aromatic carbocycles. The standard InChI is InChI=1S/C16H20N4O2/c1-11-8-9-12-13(19-11)5-3-6-14(12)20-16(22)18-10-4-7-15(21)17-2/h3,5-6,8-9H,4,7,10H2,1-2H3,(H,17,21)(H2,18,20,22). The van der Waals surface area contributed by atoms with E-state index in [1.807, 2.05) is 37.3 Å². The molecule has 3 amide bonds. The number of anilines is 1. The van der Waals surface area contributed by atoms with Crippen LogP contribution in [0.3, 0.4) is 0 Å². The number of carbonyl (C=O) groups is 2. The Bertz CT molecular complexity index is 685. The Kier molecular flexibility index (Phi) is 5.30.